The van der Waals surface area contributed by atoms with Crippen molar-refractivity contribution >= 4 is 18.0 Å². The maximum Gasteiger partial charge on any atom is 0.413 e. The van der Waals surface area contributed by atoms with Gasteiger partial charge in [0.05, 0.1) is 0 Å². The number of aromatic nitrogens is 1. The minimum Gasteiger partial charge on any atom is -0.492 e. The summed E-state index contributed by atoms with van der Waals surface area (Å²) in [6.07, 6.45) is 3.65. The Labute approximate surface area is 166 Å². The second-order valence-electron chi connectivity index (χ2n) is 7.51. The monoisotopic (exact) mass is 378 g/mol. The molecule has 146 valence electrons. The number of para-hydroxylation sites is 1. The van der Waals surface area contributed by atoms with Gasteiger partial charge in [0.1, 0.15) is 18.5 Å². The normalized spacial score (nSPS) is 15.8. The molecule has 2 N–H and O–H groups in total. The molecule has 2 aromatic carbocycles. The first-order valence-corrected chi connectivity index (χ1v) is 10.0. The molecule has 0 amide bonds. The Hall–Kier alpha value is -2.28. The van der Waals surface area contributed by atoms with Crippen molar-refractivity contribution in [1.29, 1.82) is 0 Å². The quantitative estimate of drug-likeness (QED) is 0.621. The van der Waals surface area contributed by atoms with Crippen LogP contribution in [-0.2, 0) is 0 Å². The van der Waals surface area contributed by atoms with Crippen LogP contribution < -0.4 is 4.74 Å². The van der Waals surface area contributed by atoms with Gasteiger partial charge in [-0.3, -0.25) is 4.90 Å². The van der Waals surface area contributed by atoms with Gasteiger partial charge in [-0.2, -0.15) is 0 Å². The number of hydrogen-bond acceptors (Lipinski definition) is 4. The number of rotatable bonds is 7. The lowest BCUT2D eigenvalue weighted by Gasteiger charge is -2.15. The summed E-state index contributed by atoms with van der Waals surface area (Å²) in [5.41, 5.74) is 2.51. The molecule has 6 heteroatoms. The van der Waals surface area contributed by atoms with Gasteiger partial charge < -0.3 is 19.3 Å². The zero-order chi connectivity index (χ0) is 19.5. The first-order chi connectivity index (χ1) is 13.6. The van der Waals surface area contributed by atoms with Crippen LogP contribution in [0.2, 0.25) is 6.82 Å². The number of fused-ring (bicyclic) bond motifs is 1. The highest BCUT2D eigenvalue weighted by atomic mass is 16.5. The molecule has 1 aliphatic heterocycles. The molecular weight excluding hydrogens is 351 g/mol. The molecule has 4 rings (SSSR count). The fourth-order valence-electron chi connectivity index (χ4n) is 3.98. The number of nitrogens with zero attached hydrogens (tertiary/aromatic N) is 2. The van der Waals surface area contributed by atoms with E-state index in [1.165, 1.54) is 25.9 Å². The molecule has 2 heterocycles. The Morgan fingerprint density at radius 3 is 2.50 bits per heavy atom. The van der Waals surface area contributed by atoms with Crippen molar-refractivity contribution < 1.29 is 14.9 Å². The van der Waals surface area contributed by atoms with Crippen LogP contribution in [0.15, 0.2) is 54.7 Å². The van der Waals surface area contributed by atoms with E-state index in [1.54, 1.807) is 11.3 Å². The van der Waals surface area contributed by atoms with E-state index in [0.717, 1.165) is 34.3 Å². The zero-order valence-electron chi connectivity index (χ0n) is 16.3. The topological polar surface area (TPSA) is 57.9 Å². The molecule has 5 nitrogen and oxygen atoms in total. The number of aliphatic hydroxyl groups is 1. The van der Waals surface area contributed by atoms with Crippen molar-refractivity contribution in [3.8, 4) is 5.75 Å². The van der Waals surface area contributed by atoms with Crippen molar-refractivity contribution in [3.05, 3.63) is 65.9 Å². The van der Waals surface area contributed by atoms with E-state index in [-0.39, 0.29) is 0 Å². The molecule has 1 atom stereocenters. The highest BCUT2D eigenvalue weighted by molar-refractivity contribution is 6.48. The number of likely N-dealkylation sites (tertiary alicyclic amines) is 1. The zero-order valence-corrected chi connectivity index (χ0v) is 16.3. The van der Waals surface area contributed by atoms with Crippen LogP contribution in [0.1, 0.15) is 30.1 Å². The van der Waals surface area contributed by atoms with E-state index in [4.69, 9.17) is 4.74 Å². The summed E-state index contributed by atoms with van der Waals surface area (Å²) in [5, 5.41) is 21.9. The first kappa shape index (κ1) is 19.1. The molecule has 28 heavy (non-hydrogen) atoms. The summed E-state index contributed by atoms with van der Waals surface area (Å²) in [5.74, 6) is 0.821. The molecule has 1 aliphatic rings. The number of ether oxygens (including phenoxy) is 1. The lowest BCUT2D eigenvalue weighted by atomic mass is 9.88. The maximum atomic E-state index is 11.0. The lowest BCUT2D eigenvalue weighted by molar-refractivity contribution is 0.221. The molecular formula is C22H27BN2O3. The average molecular weight is 378 g/mol. The fourth-order valence-corrected chi connectivity index (χ4v) is 3.98. The predicted molar refractivity (Wildman–Crippen MR) is 113 cm³/mol. The Morgan fingerprint density at radius 2 is 1.79 bits per heavy atom. The third-order valence-electron chi connectivity index (χ3n) is 5.54. The third kappa shape index (κ3) is 3.95. The summed E-state index contributed by atoms with van der Waals surface area (Å²) in [6.45, 7) is 5.72. The predicted octanol–water partition coefficient (Wildman–Crippen LogP) is 3.16. The third-order valence-corrected chi connectivity index (χ3v) is 5.54. The lowest BCUT2D eigenvalue weighted by Crippen LogP contribution is -2.25. The van der Waals surface area contributed by atoms with Gasteiger partial charge in [-0.1, -0.05) is 30.3 Å². The fraction of sp³-hybridized carbons (Fsp3) is 0.364. The van der Waals surface area contributed by atoms with Gasteiger partial charge in [-0.05, 0) is 56.5 Å². The smallest absolute Gasteiger partial charge is 0.413 e. The van der Waals surface area contributed by atoms with Gasteiger partial charge in [0.2, 0.25) is 0 Å². The summed E-state index contributed by atoms with van der Waals surface area (Å²) in [6, 6.07) is 15.5. The number of aliphatic hydroxyl groups excluding tert-OH is 1. The van der Waals surface area contributed by atoms with Crippen molar-refractivity contribution in [2.24, 2.45) is 0 Å². The molecule has 0 spiro atoms. The SMILES string of the molecule is CB(O)n1cc(C(O)c2ccc(OCCN3CCCC3)cc2)c2ccccc21. The Bertz CT molecular complexity index is 917. The Balaban J connectivity index is 1.47. The van der Waals surface area contributed by atoms with E-state index in [1.807, 2.05) is 54.7 Å². The molecule has 0 aliphatic carbocycles. The molecule has 0 radical (unpaired) electrons. The molecule has 1 fully saturated rings. The van der Waals surface area contributed by atoms with Crippen molar-refractivity contribution in [2.75, 3.05) is 26.2 Å². The van der Waals surface area contributed by atoms with Gasteiger partial charge in [0.25, 0.3) is 0 Å². The summed E-state index contributed by atoms with van der Waals surface area (Å²) in [7, 11) is -0.655. The molecule has 0 saturated carbocycles. The summed E-state index contributed by atoms with van der Waals surface area (Å²) < 4.78 is 7.64. The van der Waals surface area contributed by atoms with E-state index in [9.17, 15) is 10.1 Å². The molecule has 1 aromatic heterocycles. The highest BCUT2D eigenvalue weighted by Crippen LogP contribution is 2.31. The van der Waals surface area contributed by atoms with E-state index >= 15 is 0 Å². The minimum absolute atomic E-state index is 0.655. The second-order valence-corrected chi connectivity index (χ2v) is 7.51. The highest BCUT2D eigenvalue weighted by Gasteiger charge is 2.20. The van der Waals surface area contributed by atoms with Gasteiger partial charge >= 0.3 is 7.05 Å². The maximum absolute atomic E-state index is 11.0. The van der Waals surface area contributed by atoms with E-state index < -0.39 is 13.2 Å². The van der Waals surface area contributed by atoms with Gasteiger partial charge in [0, 0.05) is 29.2 Å². The second kappa shape index (κ2) is 8.39. The standard InChI is InChI=1S/C22H27BN2O3/c1-23(27)25-16-20(19-6-2-3-7-21(19)25)22(26)17-8-10-18(11-9-17)28-15-14-24-12-4-5-13-24/h2-3,6-11,16,22,26-27H,4-5,12-15H2,1H3. The molecule has 1 unspecified atom stereocenters. The van der Waals surface area contributed by atoms with Crippen LogP contribution in [0, 0.1) is 0 Å². The van der Waals surface area contributed by atoms with Crippen LogP contribution in [0.25, 0.3) is 10.9 Å². The van der Waals surface area contributed by atoms with Gasteiger partial charge in [-0.15, -0.1) is 0 Å². The van der Waals surface area contributed by atoms with E-state index in [2.05, 4.69) is 4.90 Å². The van der Waals surface area contributed by atoms with Crippen LogP contribution in [0.5, 0.6) is 5.75 Å². The van der Waals surface area contributed by atoms with Crippen molar-refractivity contribution in [3.63, 3.8) is 0 Å². The average Bonchev–Trinajstić information content (AvgIpc) is 3.36. The largest absolute Gasteiger partial charge is 0.492 e. The Kier molecular flexibility index (Phi) is 5.71. The van der Waals surface area contributed by atoms with Crippen LogP contribution in [0.4, 0.5) is 0 Å². The molecule has 0 bridgehead atoms. The van der Waals surface area contributed by atoms with Gasteiger partial charge in [0.15, 0.2) is 0 Å². The van der Waals surface area contributed by atoms with Gasteiger partial charge in [-0.25, -0.2) is 0 Å². The summed E-state index contributed by atoms with van der Waals surface area (Å²) >= 11 is 0. The van der Waals surface area contributed by atoms with Crippen LogP contribution >= 0.6 is 0 Å². The van der Waals surface area contributed by atoms with Crippen molar-refractivity contribution in [2.45, 2.75) is 25.8 Å². The van der Waals surface area contributed by atoms with Crippen molar-refractivity contribution in [1.82, 2.24) is 9.38 Å². The molecule has 3 aromatic rings. The van der Waals surface area contributed by atoms with Crippen LogP contribution in [-0.4, -0.2) is 52.8 Å². The number of benzene rings is 2. The van der Waals surface area contributed by atoms with Crippen LogP contribution in [0.3, 0.4) is 0 Å². The molecule has 1 saturated heterocycles. The first-order valence-electron chi connectivity index (χ1n) is 10.0. The van der Waals surface area contributed by atoms with E-state index in [0.29, 0.717) is 6.61 Å². The minimum atomic E-state index is -0.761. The summed E-state index contributed by atoms with van der Waals surface area (Å²) in [4.78, 5) is 2.43. The number of hydrogen-bond donors (Lipinski definition) is 2. The Morgan fingerprint density at radius 1 is 1.07 bits per heavy atom.